The van der Waals surface area contributed by atoms with Crippen molar-refractivity contribution >= 4 is 23.6 Å². The number of aliphatic hydroxyl groups excluding tert-OH is 1. The molecule has 8 heteroatoms. The fraction of sp³-hybridized carbons (Fsp3) is 0.467. The number of thioether (sulfide) groups is 1. The molecule has 1 aromatic carbocycles. The Morgan fingerprint density at radius 2 is 2.13 bits per heavy atom. The summed E-state index contributed by atoms with van der Waals surface area (Å²) in [6.07, 6.45) is -0.948. The Hall–Kier alpha value is -1.77. The predicted molar refractivity (Wildman–Crippen MR) is 83.7 cm³/mol. The highest BCUT2D eigenvalue weighted by molar-refractivity contribution is 8.00. The molecule has 1 amide bonds. The lowest BCUT2D eigenvalue weighted by Crippen LogP contribution is -2.75. The molecule has 2 aliphatic rings. The summed E-state index contributed by atoms with van der Waals surface area (Å²) < 4.78 is 10.3. The Kier molecular flexibility index (Phi) is 4.47. The van der Waals surface area contributed by atoms with Crippen LogP contribution in [-0.4, -0.2) is 58.3 Å². The largest absolute Gasteiger partial charge is 0.497 e. The molecule has 0 bridgehead atoms. The lowest BCUT2D eigenvalue weighted by atomic mass is 10.0. The number of carbonyl (C=O) groups excluding carboxylic acids is 2. The normalized spacial score (nSPS) is 29.5. The van der Waals surface area contributed by atoms with Gasteiger partial charge in [-0.3, -0.25) is 4.79 Å². The van der Waals surface area contributed by atoms with Crippen molar-refractivity contribution in [2.24, 2.45) is 5.73 Å². The third kappa shape index (κ3) is 2.89. The SMILES string of the molecule is COc1ccc(COC(=O)C2C(O)CS[C@@H]3[C@H](N)C(=O)N23)cc1. The average molecular weight is 338 g/mol. The molecule has 2 fully saturated rings. The third-order valence-corrected chi connectivity index (χ3v) is 5.40. The maximum Gasteiger partial charge on any atom is 0.331 e. The summed E-state index contributed by atoms with van der Waals surface area (Å²) in [7, 11) is 1.57. The monoisotopic (exact) mass is 338 g/mol. The van der Waals surface area contributed by atoms with Gasteiger partial charge in [0.2, 0.25) is 5.91 Å². The zero-order valence-electron chi connectivity index (χ0n) is 12.5. The molecule has 2 heterocycles. The summed E-state index contributed by atoms with van der Waals surface area (Å²) >= 11 is 1.38. The first-order chi connectivity index (χ1) is 11.0. The standard InChI is InChI=1S/C15H18N2O5S/c1-21-9-4-2-8(3-5-9)6-22-15(20)12-10(18)7-23-14-11(16)13(19)17(12)14/h2-5,10-12,14,18H,6-7,16H2,1H3/t10?,11-,12?,14-/m1/s1. The number of amides is 1. The molecule has 2 aliphatic heterocycles. The van der Waals surface area contributed by atoms with Gasteiger partial charge in [0.25, 0.3) is 0 Å². The van der Waals surface area contributed by atoms with E-state index in [0.29, 0.717) is 11.5 Å². The van der Waals surface area contributed by atoms with Crippen LogP contribution in [-0.2, 0) is 20.9 Å². The van der Waals surface area contributed by atoms with Crippen LogP contribution in [0, 0.1) is 0 Å². The van der Waals surface area contributed by atoms with Crippen LogP contribution in [0.3, 0.4) is 0 Å². The van der Waals surface area contributed by atoms with Crippen molar-refractivity contribution in [2.45, 2.75) is 30.2 Å². The molecular formula is C15H18N2O5S. The van der Waals surface area contributed by atoms with E-state index in [4.69, 9.17) is 15.2 Å². The van der Waals surface area contributed by atoms with E-state index in [-0.39, 0.29) is 17.9 Å². The molecule has 2 unspecified atom stereocenters. The van der Waals surface area contributed by atoms with Crippen LogP contribution in [0.25, 0.3) is 0 Å². The van der Waals surface area contributed by atoms with Crippen molar-refractivity contribution in [3.05, 3.63) is 29.8 Å². The van der Waals surface area contributed by atoms with E-state index in [0.717, 1.165) is 5.56 Å². The highest BCUT2D eigenvalue weighted by atomic mass is 32.2. The maximum absolute atomic E-state index is 12.3. The van der Waals surface area contributed by atoms with Gasteiger partial charge in [-0.2, -0.15) is 0 Å². The van der Waals surface area contributed by atoms with Gasteiger partial charge in [0.05, 0.1) is 13.2 Å². The van der Waals surface area contributed by atoms with E-state index in [1.807, 2.05) is 0 Å². The molecular weight excluding hydrogens is 320 g/mol. The highest BCUT2D eigenvalue weighted by Crippen LogP contribution is 2.37. The van der Waals surface area contributed by atoms with Crippen molar-refractivity contribution in [1.82, 2.24) is 4.90 Å². The molecule has 0 spiro atoms. The maximum atomic E-state index is 12.3. The first kappa shape index (κ1) is 16.1. The van der Waals surface area contributed by atoms with Crippen LogP contribution in [0.1, 0.15) is 5.56 Å². The number of nitrogens with two attached hydrogens (primary N) is 1. The fourth-order valence-electron chi connectivity index (χ4n) is 2.70. The molecule has 4 atom stereocenters. The molecule has 0 aliphatic carbocycles. The Morgan fingerprint density at radius 3 is 2.78 bits per heavy atom. The van der Waals surface area contributed by atoms with Crippen LogP contribution in [0.5, 0.6) is 5.75 Å². The van der Waals surface area contributed by atoms with Crippen LogP contribution in [0.2, 0.25) is 0 Å². The fourth-order valence-corrected chi connectivity index (χ4v) is 3.99. The van der Waals surface area contributed by atoms with Gasteiger partial charge in [-0.1, -0.05) is 12.1 Å². The summed E-state index contributed by atoms with van der Waals surface area (Å²) in [5.74, 6) is 0.124. The third-order valence-electron chi connectivity index (χ3n) is 4.00. The van der Waals surface area contributed by atoms with E-state index in [1.54, 1.807) is 31.4 Å². The Balaban J connectivity index is 1.63. The first-order valence-corrected chi connectivity index (χ1v) is 8.25. The van der Waals surface area contributed by atoms with E-state index >= 15 is 0 Å². The second-order valence-corrected chi connectivity index (χ2v) is 6.61. The molecule has 3 N–H and O–H groups in total. The van der Waals surface area contributed by atoms with E-state index in [2.05, 4.69) is 0 Å². The summed E-state index contributed by atoms with van der Waals surface area (Å²) in [6.45, 7) is 0.0674. The molecule has 0 saturated carbocycles. The molecule has 0 radical (unpaired) electrons. The Labute approximate surface area is 137 Å². The van der Waals surface area contributed by atoms with Gasteiger partial charge < -0.3 is 25.2 Å². The smallest absolute Gasteiger partial charge is 0.331 e. The summed E-state index contributed by atoms with van der Waals surface area (Å²) in [6, 6.07) is 5.52. The minimum absolute atomic E-state index is 0.0674. The molecule has 23 heavy (non-hydrogen) atoms. The predicted octanol–water partition coefficient (Wildman–Crippen LogP) is -0.290. The van der Waals surface area contributed by atoms with Gasteiger partial charge in [-0.05, 0) is 17.7 Å². The van der Waals surface area contributed by atoms with Gasteiger partial charge in [0.15, 0.2) is 6.04 Å². The number of rotatable bonds is 4. The number of fused-ring (bicyclic) bond motifs is 1. The molecule has 124 valence electrons. The number of β-lactam (4-membered cyclic amide) rings is 1. The Morgan fingerprint density at radius 1 is 1.43 bits per heavy atom. The molecule has 0 aromatic heterocycles. The number of benzene rings is 1. The number of methoxy groups -OCH3 is 1. The zero-order valence-corrected chi connectivity index (χ0v) is 13.4. The highest BCUT2D eigenvalue weighted by Gasteiger charge is 2.56. The molecule has 2 saturated heterocycles. The van der Waals surface area contributed by atoms with Crippen molar-refractivity contribution < 1.29 is 24.2 Å². The minimum Gasteiger partial charge on any atom is -0.497 e. The molecule has 3 rings (SSSR count). The second-order valence-electron chi connectivity index (χ2n) is 5.46. The molecule has 1 aromatic rings. The van der Waals surface area contributed by atoms with Crippen LogP contribution in [0.4, 0.5) is 0 Å². The first-order valence-electron chi connectivity index (χ1n) is 7.20. The zero-order chi connectivity index (χ0) is 16.6. The average Bonchev–Trinajstić information content (AvgIpc) is 2.59. The van der Waals surface area contributed by atoms with Gasteiger partial charge in [-0.25, -0.2) is 4.79 Å². The number of hydrogen-bond donors (Lipinski definition) is 2. The molecule has 7 nitrogen and oxygen atoms in total. The summed E-state index contributed by atoms with van der Waals surface area (Å²) in [4.78, 5) is 25.5. The van der Waals surface area contributed by atoms with Crippen LogP contribution < -0.4 is 10.5 Å². The van der Waals surface area contributed by atoms with Crippen molar-refractivity contribution in [3.63, 3.8) is 0 Å². The van der Waals surface area contributed by atoms with Gasteiger partial charge >= 0.3 is 5.97 Å². The minimum atomic E-state index is -0.980. The van der Waals surface area contributed by atoms with Crippen LogP contribution >= 0.6 is 11.8 Å². The number of hydrogen-bond acceptors (Lipinski definition) is 7. The lowest BCUT2D eigenvalue weighted by Gasteiger charge is -2.52. The second kappa shape index (κ2) is 6.38. The summed E-state index contributed by atoms with van der Waals surface area (Å²) in [5, 5.41) is 9.80. The van der Waals surface area contributed by atoms with Gasteiger partial charge in [-0.15, -0.1) is 11.8 Å². The number of aliphatic hydroxyl groups is 1. The van der Waals surface area contributed by atoms with Crippen molar-refractivity contribution in [2.75, 3.05) is 12.9 Å². The number of carbonyl (C=O) groups is 2. The Bertz CT molecular complexity index is 608. The van der Waals surface area contributed by atoms with Gasteiger partial charge in [0.1, 0.15) is 23.8 Å². The number of nitrogens with zero attached hydrogens (tertiary/aromatic N) is 1. The van der Waals surface area contributed by atoms with E-state index < -0.39 is 24.2 Å². The van der Waals surface area contributed by atoms with E-state index in [9.17, 15) is 14.7 Å². The van der Waals surface area contributed by atoms with Crippen molar-refractivity contribution in [1.29, 1.82) is 0 Å². The van der Waals surface area contributed by atoms with Gasteiger partial charge in [0, 0.05) is 5.75 Å². The number of ether oxygens (including phenoxy) is 2. The quantitative estimate of drug-likeness (QED) is 0.574. The van der Waals surface area contributed by atoms with Crippen molar-refractivity contribution in [3.8, 4) is 5.75 Å². The lowest BCUT2D eigenvalue weighted by molar-refractivity contribution is -0.170. The summed E-state index contributed by atoms with van der Waals surface area (Å²) in [5.41, 5.74) is 6.51. The number of esters is 1. The van der Waals surface area contributed by atoms with E-state index in [1.165, 1.54) is 16.7 Å². The topological polar surface area (TPSA) is 102 Å². The van der Waals surface area contributed by atoms with Crippen LogP contribution in [0.15, 0.2) is 24.3 Å².